The molecule has 202 valence electrons. The molecule has 0 spiro atoms. The Balaban J connectivity index is 1.49. The molecule has 1 aromatic heterocycles. The molecule has 9 nitrogen and oxygen atoms in total. The van der Waals surface area contributed by atoms with Crippen LogP contribution in [0.25, 0.3) is 16.9 Å². The number of ether oxygens (including phenoxy) is 3. The van der Waals surface area contributed by atoms with Crippen LogP contribution in [0, 0.1) is 0 Å². The van der Waals surface area contributed by atoms with Crippen molar-refractivity contribution in [1.29, 1.82) is 0 Å². The molecule has 9 heteroatoms. The minimum atomic E-state index is -0.474. The molecule has 2 aromatic carbocycles. The van der Waals surface area contributed by atoms with E-state index in [1.807, 2.05) is 80.3 Å². The number of aromatic nitrogens is 2. The van der Waals surface area contributed by atoms with E-state index in [1.54, 1.807) is 11.8 Å². The number of benzene rings is 2. The topological polar surface area (TPSA) is 94.9 Å². The molecule has 1 saturated heterocycles. The van der Waals surface area contributed by atoms with Crippen LogP contribution in [0.1, 0.15) is 50.5 Å². The summed E-state index contributed by atoms with van der Waals surface area (Å²) in [7, 11) is 1.63. The van der Waals surface area contributed by atoms with Crippen LogP contribution in [0.5, 0.6) is 11.5 Å². The maximum absolute atomic E-state index is 13.2. The van der Waals surface area contributed by atoms with E-state index in [-0.39, 0.29) is 24.7 Å². The zero-order valence-electron chi connectivity index (χ0n) is 22.5. The second-order valence-electron chi connectivity index (χ2n) is 10.3. The molecule has 2 heterocycles. The largest absolute Gasteiger partial charge is 0.497 e. The molecule has 0 radical (unpaired) electrons. The van der Waals surface area contributed by atoms with Crippen molar-refractivity contribution in [3.8, 4) is 28.4 Å². The van der Waals surface area contributed by atoms with E-state index in [0.717, 1.165) is 55.0 Å². The van der Waals surface area contributed by atoms with Gasteiger partial charge in [0, 0.05) is 24.2 Å². The van der Waals surface area contributed by atoms with E-state index >= 15 is 0 Å². The zero-order valence-corrected chi connectivity index (χ0v) is 22.5. The predicted molar refractivity (Wildman–Crippen MR) is 145 cm³/mol. The zero-order chi connectivity index (χ0) is 27.1. The van der Waals surface area contributed by atoms with Crippen molar-refractivity contribution in [3.05, 3.63) is 60.3 Å². The van der Waals surface area contributed by atoms with Crippen molar-refractivity contribution >= 4 is 12.0 Å². The number of carbonyl (C=O) groups excluding carboxylic acids is 2. The second kappa shape index (κ2) is 12.0. The fourth-order valence-electron chi connectivity index (χ4n) is 4.23. The molecule has 0 bridgehead atoms. The van der Waals surface area contributed by atoms with Gasteiger partial charge in [0.1, 0.15) is 24.7 Å². The highest BCUT2D eigenvalue weighted by Gasteiger charge is 2.23. The number of nitrogens with zero attached hydrogens (tertiary/aromatic N) is 3. The molecular weight excluding hydrogens is 484 g/mol. The van der Waals surface area contributed by atoms with E-state index in [1.165, 1.54) is 0 Å². The van der Waals surface area contributed by atoms with Gasteiger partial charge in [-0.25, -0.2) is 9.48 Å². The summed E-state index contributed by atoms with van der Waals surface area (Å²) in [5.74, 6) is 1.34. The third-order valence-corrected chi connectivity index (χ3v) is 6.10. The fourth-order valence-corrected chi connectivity index (χ4v) is 4.23. The summed E-state index contributed by atoms with van der Waals surface area (Å²) in [4.78, 5) is 26.9. The Hall–Kier alpha value is -4.01. The first-order chi connectivity index (χ1) is 18.2. The molecule has 3 aromatic rings. The summed E-state index contributed by atoms with van der Waals surface area (Å²) >= 11 is 0. The Labute approximate surface area is 223 Å². The first-order valence-electron chi connectivity index (χ1n) is 13.0. The van der Waals surface area contributed by atoms with E-state index in [9.17, 15) is 9.59 Å². The summed E-state index contributed by atoms with van der Waals surface area (Å²) < 4.78 is 18.0. The highest BCUT2D eigenvalue weighted by atomic mass is 16.6. The van der Waals surface area contributed by atoms with Gasteiger partial charge in [-0.15, -0.1) is 0 Å². The number of carbonyl (C=O) groups is 2. The lowest BCUT2D eigenvalue weighted by Crippen LogP contribution is -2.41. The maximum atomic E-state index is 13.2. The van der Waals surface area contributed by atoms with Crippen LogP contribution in [0.3, 0.4) is 0 Å². The molecule has 0 unspecified atom stereocenters. The number of nitrogens with one attached hydrogen (secondary N) is 1. The van der Waals surface area contributed by atoms with Crippen LogP contribution < -0.4 is 14.8 Å². The molecular formula is C29H36N4O5. The third-order valence-electron chi connectivity index (χ3n) is 6.10. The van der Waals surface area contributed by atoms with E-state index in [4.69, 9.17) is 19.3 Å². The minimum absolute atomic E-state index is 0.0475. The Kier molecular flexibility index (Phi) is 8.55. The normalized spacial score (nSPS) is 13.6. The van der Waals surface area contributed by atoms with E-state index < -0.39 is 6.09 Å². The Morgan fingerprint density at radius 2 is 1.58 bits per heavy atom. The van der Waals surface area contributed by atoms with Crippen molar-refractivity contribution in [1.82, 2.24) is 20.0 Å². The van der Waals surface area contributed by atoms with Crippen LogP contribution in [0.2, 0.25) is 0 Å². The summed E-state index contributed by atoms with van der Waals surface area (Å²) in [5.41, 5.74) is 2.57. The molecule has 1 aliphatic heterocycles. The quantitative estimate of drug-likeness (QED) is 0.417. The number of hydrogen-bond donors (Lipinski definition) is 1. The average molecular weight is 521 g/mol. The number of piperidine rings is 1. The molecule has 0 aliphatic carbocycles. The number of likely N-dealkylation sites (tertiary alicyclic amines) is 1. The average Bonchev–Trinajstić information content (AvgIpc) is 3.36. The Morgan fingerprint density at radius 3 is 2.21 bits per heavy atom. The van der Waals surface area contributed by atoms with Crippen molar-refractivity contribution in [2.24, 2.45) is 0 Å². The van der Waals surface area contributed by atoms with Gasteiger partial charge in [0.15, 0.2) is 5.69 Å². The molecule has 0 saturated carbocycles. The van der Waals surface area contributed by atoms with Gasteiger partial charge >= 0.3 is 6.09 Å². The highest BCUT2D eigenvalue weighted by molar-refractivity contribution is 5.93. The van der Waals surface area contributed by atoms with Crippen LogP contribution in [-0.4, -0.2) is 65.6 Å². The Morgan fingerprint density at radius 1 is 0.921 bits per heavy atom. The van der Waals surface area contributed by atoms with Crippen molar-refractivity contribution in [2.75, 3.05) is 33.4 Å². The van der Waals surface area contributed by atoms with Crippen molar-refractivity contribution in [2.45, 2.75) is 45.6 Å². The lowest BCUT2D eigenvalue weighted by atomic mass is 10.1. The smallest absolute Gasteiger partial charge is 0.407 e. The first-order valence-corrected chi connectivity index (χ1v) is 13.0. The van der Waals surface area contributed by atoms with Gasteiger partial charge in [0.25, 0.3) is 5.91 Å². The molecule has 1 N–H and O–H groups in total. The SMILES string of the molecule is COc1ccc(-n2nc(C(=O)N3CCCCC3)cc2-c2ccc(OCCOC(=O)NC(C)(C)C)cc2)cc1. The number of hydrogen-bond acceptors (Lipinski definition) is 6. The van der Waals surface area contributed by atoms with Crippen LogP contribution >= 0.6 is 0 Å². The molecule has 38 heavy (non-hydrogen) atoms. The molecule has 0 atom stereocenters. The van der Waals surface area contributed by atoms with Crippen LogP contribution in [0.4, 0.5) is 4.79 Å². The van der Waals surface area contributed by atoms with Crippen molar-refractivity contribution < 1.29 is 23.8 Å². The van der Waals surface area contributed by atoms with Gasteiger partial charge in [-0.3, -0.25) is 4.79 Å². The lowest BCUT2D eigenvalue weighted by molar-refractivity contribution is 0.0717. The van der Waals surface area contributed by atoms with Crippen molar-refractivity contribution in [3.63, 3.8) is 0 Å². The first kappa shape index (κ1) is 27.0. The molecule has 1 fully saturated rings. The second-order valence-corrected chi connectivity index (χ2v) is 10.3. The summed E-state index contributed by atoms with van der Waals surface area (Å²) in [6.07, 6.45) is 2.72. The monoisotopic (exact) mass is 520 g/mol. The number of methoxy groups -OCH3 is 1. The predicted octanol–water partition coefficient (Wildman–Crippen LogP) is 5.08. The third kappa shape index (κ3) is 7.06. The number of rotatable bonds is 8. The molecule has 2 amide bonds. The van der Waals surface area contributed by atoms with Gasteiger partial charge in [-0.2, -0.15) is 5.10 Å². The van der Waals surface area contributed by atoms with Gasteiger partial charge in [0.05, 0.1) is 18.5 Å². The van der Waals surface area contributed by atoms with E-state index in [0.29, 0.717) is 11.4 Å². The highest BCUT2D eigenvalue weighted by Crippen LogP contribution is 2.28. The summed E-state index contributed by atoms with van der Waals surface area (Å²) in [6, 6.07) is 17.0. The Bertz CT molecular complexity index is 1220. The minimum Gasteiger partial charge on any atom is -0.497 e. The summed E-state index contributed by atoms with van der Waals surface area (Å²) in [5, 5.41) is 7.45. The van der Waals surface area contributed by atoms with E-state index in [2.05, 4.69) is 5.32 Å². The summed E-state index contributed by atoms with van der Waals surface area (Å²) in [6.45, 7) is 7.55. The van der Waals surface area contributed by atoms with Gasteiger partial charge in [-0.1, -0.05) is 0 Å². The van der Waals surface area contributed by atoms with Crippen LogP contribution in [0.15, 0.2) is 54.6 Å². The van der Waals surface area contributed by atoms with Gasteiger partial charge in [-0.05, 0) is 94.6 Å². The van der Waals surface area contributed by atoms with Crippen LogP contribution in [-0.2, 0) is 4.74 Å². The van der Waals surface area contributed by atoms with Gasteiger partial charge in [0.2, 0.25) is 0 Å². The maximum Gasteiger partial charge on any atom is 0.407 e. The standard InChI is InChI=1S/C29H36N4O5/c1-29(2,3)30-28(35)38-19-18-37-24-12-8-21(9-13-24)26-20-25(27(34)32-16-6-5-7-17-32)31-33(26)22-10-14-23(36-4)15-11-22/h8-15,20H,5-7,16-19H2,1-4H3,(H,30,35). The number of alkyl carbamates (subject to hydrolysis) is 1. The number of amides is 2. The van der Waals surface area contributed by atoms with Gasteiger partial charge < -0.3 is 24.4 Å². The lowest BCUT2D eigenvalue weighted by Gasteiger charge is -2.25. The molecule has 4 rings (SSSR count). The molecule has 1 aliphatic rings. The fraction of sp³-hybridized carbons (Fsp3) is 0.414.